The second-order valence-electron chi connectivity index (χ2n) is 6.92. The summed E-state index contributed by atoms with van der Waals surface area (Å²) < 4.78 is 19.3. The van der Waals surface area contributed by atoms with Gasteiger partial charge in [-0.15, -0.1) is 11.3 Å². The highest BCUT2D eigenvalue weighted by molar-refractivity contribution is 7.09. The zero-order chi connectivity index (χ0) is 21.8. The molecule has 2 aromatic carbocycles. The highest BCUT2D eigenvalue weighted by Crippen LogP contribution is 2.21. The van der Waals surface area contributed by atoms with Crippen molar-refractivity contribution in [1.29, 1.82) is 0 Å². The Labute approximate surface area is 181 Å². The highest BCUT2D eigenvalue weighted by Gasteiger charge is 2.18. The number of fused-ring (bicyclic) bond motifs is 1. The van der Waals surface area contributed by atoms with Crippen LogP contribution in [0, 0.1) is 5.82 Å². The lowest BCUT2D eigenvalue weighted by Crippen LogP contribution is -2.35. The number of H-pyrrole nitrogens is 1. The van der Waals surface area contributed by atoms with Gasteiger partial charge in [-0.3, -0.25) is 4.79 Å². The van der Waals surface area contributed by atoms with E-state index in [9.17, 15) is 14.0 Å². The van der Waals surface area contributed by atoms with E-state index in [1.807, 2.05) is 23.6 Å². The standard InChI is InChI=1S/C23H20FN3O3S/c1-30-17-8-9-20-15(12-17)11-16(22(28)25-20)13-27(14-18-5-4-10-31-18)23(29)26-21-7-3-2-6-19(21)24/h2-12H,13-14H2,1H3,(H,25,28)(H,26,29). The molecule has 0 bridgehead atoms. The molecule has 6 nitrogen and oxygen atoms in total. The van der Waals surface area contributed by atoms with Crippen LogP contribution in [-0.2, 0) is 13.1 Å². The number of nitrogens with one attached hydrogen (secondary N) is 2. The third-order valence-corrected chi connectivity index (χ3v) is 5.68. The topological polar surface area (TPSA) is 74.4 Å². The summed E-state index contributed by atoms with van der Waals surface area (Å²) in [7, 11) is 1.57. The molecule has 0 aliphatic heterocycles. The van der Waals surface area contributed by atoms with Crippen LogP contribution in [0.1, 0.15) is 10.4 Å². The molecule has 4 aromatic rings. The van der Waals surface area contributed by atoms with Crippen molar-refractivity contribution in [3.05, 3.63) is 92.7 Å². The summed E-state index contributed by atoms with van der Waals surface area (Å²) in [6, 6.07) is 16.4. The van der Waals surface area contributed by atoms with Gasteiger partial charge >= 0.3 is 6.03 Å². The number of ether oxygens (including phenoxy) is 1. The Balaban J connectivity index is 1.65. The molecule has 0 saturated carbocycles. The number of halogens is 1. The zero-order valence-corrected chi connectivity index (χ0v) is 17.5. The van der Waals surface area contributed by atoms with Gasteiger partial charge < -0.3 is 19.9 Å². The van der Waals surface area contributed by atoms with Crippen LogP contribution < -0.4 is 15.6 Å². The molecule has 4 rings (SSSR count). The fraction of sp³-hybridized carbons (Fsp3) is 0.130. The first kappa shape index (κ1) is 20.6. The van der Waals surface area contributed by atoms with Crippen molar-refractivity contribution in [2.75, 3.05) is 12.4 Å². The lowest BCUT2D eigenvalue weighted by atomic mass is 10.1. The van der Waals surface area contributed by atoms with E-state index in [1.165, 1.54) is 28.4 Å². The van der Waals surface area contributed by atoms with Gasteiger partial charge in [-0.1, -0.05) is 18.2 Å². The van der Waals surface area contributed by atoms with Crippen molar-refractivity contribution < 1.29 is 13.9 Å². The molecule has 0 aliphatic carbocycles. The smallest absolute Gasteiger partial charge is 0.322 e. The normalized spacial score (nSPS) is 10.8. The second kappa shape index (κ2) is 9.01. The quantitative estimate of drug-likeness (QED) is 0.447. The van der Waals surface area contributed by atoms with E-state index in [0.29, 0.717) is 16.8 Å². The maximum absolute atomic E-state index is 14.0. The number of aromatic nitrogens is 1. The fourth-order valence-corrected chi connectivity index (χ4v) is 3.95. The van der Waals surface area contributed by atoms with Crippen LogP contribution in [0.4, 0.5) is 14.9 Å². The molecular weight excluding hydrogens is 417 g/mol. The van der Waals surface area contributed by atoms with E-state index in [0.717, 1.165) is 10.3 Å². The van der Waals surface area contributed by atoms with Crippen molar-refractivity contribution in [2.24, 2.45) is 0 Å². The first-order valence-corrected chi connectivity index (χ1v) is 10.4. The van der Waals surface area contributed by atoms with Crippen LogP contribution >= 0.6 is 11.3 Å². The van der Waals surface area contributed by atoms with E-state index in [-0.39, 0.29) is 24.3 Å². The Kier molecular flexibility index (Phi) is 5.99. The van der Waals surface area contributed by atoms with E-state index in [1.54, 1.807) is 37.4 Å². The molecule has 8 heteroatoms. The van der Waals surface area contributed by atoms with Gasteiger partial charge in [0.15, 0.2) is 0 Å². The molecule has 2 heterocycles. The van der Waals surface area contributed by atoms with E-state index >= 15 is 0 Å². The Morgan fingerprint density at radius 2 is 1.97 bits per heavy atom. The summed E-state index contributed by atoms with van der Waals surface area (Å²) in [5, 5.41) is 5.31. The number of para-hydroxylation sites is 1. The molecule has 0 unspecified atom stereocenters. The minimum atomic E-state index is -0.525. The first-order valence-electron chi connectivity index (χ1n) is 9.56. The number of amides is 2. The maximum atomic E-state index is 14.0. The van der Waals surface area contributed by atoms with Gasteiger partial charge in [-0.05, 0) is 47.8 Å². The number of rotatable bonds is 6. The highest BCUT2D eigenvalue weighted by atomic mass is 32.1. The predicted octanol–water partition coefficient (Wildman–Crippen LogP) is 4.97. The number of hydrogen-bond acceptors (Lipinski definition) is 4. The number of methoxy groups -OCH3 is 1. The molecule has 0 atom stereocenters. The van der Waals surface area contributed by atoms with Crippen molar-refractivity contribution in [3.8, 4) is 5.75 Å². The largest absolute Gasteiger partial charge is 0.497 e. The van der Waals surface area contributed by atoms with Gasteiger partial charge in [-0.2, -0.15) is 0 Å². The van der Waals surface area contributed by atoms with Crippen LogP contribution in [0.25, 0.3) is 10.9 Å². The second-order valence-corrected chi connectivity index (χ2v) is 7.95. The predicted molar refractivity (Wildman–Crippen MR) is 120 cm³/mol. The molecule has 2 amide bonds. The number of pyridine rings is 1. The van der Waals surface area contributed by atoms with Gasteiger partial charge in [0, 0.05) is 21.3 Å². The van der Waals surface area contributed by atoms with Crippen molar-refractivity contribution in [2.45, 2.75) is 13.1 Å². The molecule has 0 aliphatic rings. The molecular formula is C23H20FN3O3S. The van der Waals surface area contributed by atoms with Crippen molar-refractivity contribution >= 4 is 34.0 Å². The number of carbonyl (C=O) groups excluding carboxylic acids is 1. The van der Waals surface area contributed by atoms with Gasteiger partial charge in [0.2, 0.25) is 0 Å². The number of carbonyl (C=O) groups is 1. The van der Waals surface area contributed by atoms with Crippen LogP contribution in [0.3, 0.4) is 0 Å². The summed E-state index contributed by atoms with van der Waals surface area (Å²) in [5.41, 5.74) is 0.893. The third-order valence-electron chi connectivity index (χ3n) is 4.82. The summed E-state index contributed by atoms with van der Waals surface area (Å²) in [4.78, 5) is 30.9. The van der Waals surface area contributed by atoms with Gasteiger partial charge in [0.25, 0.3) is 5.56 Å². The third kappa shape index (κ3) is 4.75. The van der Waals surface area contributed by atoms with Crippen LogP contribution in [0.2, 0.25) is 0 Å². The minimum Gasteiger partial charge on any atom is -0.497 e. The molecule has 2 aromatic heterocycles. The first-order chi connectivity index (χ1) is 15.0. The molecule has 0 radical (unpaired) electrons. The average Bonchev–Trinajstić information content (AvgIpc) is 3.28. The molecule has 0 saturated heterocycles. The lowest BCUT2D eigenvalue weighted by molar-refractivity contribution is 0.206. The monoisotopic (exact) mass is 437 g/mol. The molecule has 31 heavy (non-hydrogen) atoms. The lowest BCUT2D eigenvalue weighted by Gasteiger charge is -2.23. The average molecular weight is 437 g/mol. The number of hydrogen-bond donors (Lipinski definition) is 2. The van der Waals surface area contributed by atoms with Crippen LogP contribution in [0.15, 0.2) is 70.8 Å². The number of anilines is 1. The minimum absolute atomic E-state index is 0.0562. The maximum Gasteiger partial charge on any atom is 0.322 e. The van der Waals surface area contributed by atoms with Crippen molar-refractivity contribution in [1.82, 2.24) is 9.88 Å². The van der Waals surface area contributed by atoms with Crippen LogP contribution in [0.5, 0.6) is 5.75 Å². The Bertz CT molecular complexity index is 1270. The number of aromatic amines is 1. The number of nitrogens with zero attached hydrogens (tertiary/aromatic N) is 1. The van der Waals surface area contributed by atoms with Gasteiger partial charge in [-0.25, -0.2) is 9.18 Å². The molecule has 0 spiro atoms. The Morgan fingerprint density at radius 3 is 2.71 bits per heavy atom. The molecule has 158 valence electrons. The number of urea groups is 1. The van der Waals surface area contributed by atoms with E-state index in [4.69, 9.17) is 4.74 Å². The van der Waals surface area contributed by atoms with E-state index in [2.05, 4.69) is 10.3 Å². The molecule has 0 fully saturated rings. The summed E-state index contributed by atoms with van der Waals surface area (Å²) in [6.07, 6.45) is 0. The summed E-state index contributed by atoms with van der Waals surface area (Å²) in [5.74, 6) is 0.140. The molecule has 2 N–H and O–H groups in total. The Hall–Kier alpha value is -3.65. The Morgan fingerprint density at radius 1 is 1.13 bits per heavy atom. The SMILES string of the molecule is COc1ccc2[nH]c(=O)c(CN(Cc3cccs3)C(=O)Nc3ccccc3F)cc2c1. The number of thiophene rings is 1. The summed E-state index contributed by atoms with van der Waals surface area (Å²) >= 11 is 1.50. The van der Waals surface area contributed by atoms with Gasteiger partial charge in [0.1, 0.15) is 11.6 Å². The number of benzene rings is 2. The van der Waals surface area contributed by atoms with Crippen LogP contribution in [-0.4, -0.2) is 23.0 Å². The van der Waals surface area contributed by atoms with Gasteiger partial charge in [0.05, 0.1) is 25.9 Å². The summed E-state index contributed by atoms with van der Waals surface area (Å²) in [6.45, 7) is 0.341. The van der Waals surface area contributed by atoms with Crippen molar-refractivity contribution in [3.63, 3.8) is 0 Å². The van der Waals surface area contributed by atoms with E-state index < -0.39 is 11.8 Å². The fourth-order valence-electron chi connectivity index (χ4n) is 3.23. The zero-order valence-electron chi connectivity index (χ0n) is 16.7.